The minimum atomic E-state index is -0.184. The van der Waals surface area contributed by atoms with Gasteiger partial charge in [-0.15, -0.1) is 5.48 Å². The van der Waals surface area contributed by atoms with Crippen molar-refractivity contribution in [1.82, 2.24) is 15.3 Å². The van der Waals surface area contributed by atoms with E-state index >= 15 is 0 Å². The van der Waals surface area contributed by atoms with E-state index in [1.165, 1.54) is 22.8 Å². The number of carbonyl (C=O) groups is 2. The van der Waals surface area contributed by atoms with Crippen molar-refractivity contribution in [2.24, 2.45) is 0 Å². The fourth-order valence-corrected chi connectivity index (χ4v) is 5.98. The van der Waals surface area contributed by atoms with Crippen LogP contribution in [0, 0.1) is 6.92 Å². The fourth-order valence-electron chi connectivity index (χ4n) is 5.86. The van der Waals surface area contributed by atoms with Gasteiger partial charge in [0, 0.05) is 37.6 Å². The topological polar surface area (TPSA) is 92.1 Å². The Bertz CT molecular complexity index is 1660. The first-order chi connectivity index (χ1) is 21.8. The van der Waals surface area contributed by atoms with Gasteiger partial charge in [-0.2, -0.15) is 0 Å². The summed E-state index contributed by atoms with van der Waals surface area (Å²) >= 11 is 5.61. The van der Waals surface area contributed by atoms with E-state index < -0.39 is 0 Å². The van der Waals surface area contributed by atoms with E-state index in [1.807, 2.05) is 66.1 Å². The molecule has 8 nitrogen and oxygen atoms in total. The molecule has 236 valence electrons. The van der Waals surface area contributed by atoms with Crippen LogP contribution >= 0.6 is 11.6 Å². The van der Waals surface area contributed by atoms with Crippen LogP contribution in [-0.2, 0) is 22.6 Å². The predicted molar refractivity (Wildman–Crippen MR) is 176 cm³/mol. The van der Waals surface area contributed by atoms with Crippen molar-refractivity contribution in [2.75, 3.05) is 26.2 Å². The quantitative estimate of drug-likeness (QED) is 0.226. The van der Waals surface area contributed by atoms with Crippen molar-refractivity contribution in [3.8, 4) is 5.95 Å². The number of piperidine rings is 1. The zero-order valence-corrected chi connectivity index (χ0v) is 26.6. The molecule has 3 heterocycles. The molecule has 0 unspecified atom stereocenters. The Balaban J connectivity index is 0.000000436. The van der Waals surface area contributed by atoms with E-state index in [0.717, 1.165) is 42.8 Å². The predicted octanol–water partition coefficient (Wildman–Crippen LogP) is 6.42. The summed E-state index contributed by atoms with van der Waals surface area (Å²) in [4.78, 5) is 46.5. The molecule has 2 amide bonds. The second kappa shape index (κ2) is 15.2. The fraction of sp³-hybridized carbons (Fsp3) is 0.361. The van der Waals surface area contributed by atoms with Crippen LogP contribution in [0.15, 0.2) is 82.0 Å². The number of benzene rings is 3. The number of nitrogens with zero attached hydrogens (tertiary/aromatic N) is 2. The largest absolute Gasteiger partial charge is 0.424 e. The van der Waals surface area contributed by atoms with Crippen LogP contribution in [0.25, 0.3) is 11.0 Å². The molecule has 1 aromatic heterocycles. The number of hydrogen-bond donors (Lipinski definition) is 1. The van der Waals surface area contributed by atoms with Crippen LogP contribution in [0.3, 0.4) is 0 Å². The SMILES string of the molecule is CCc1ccc2oc(ONCC(=O)N3CCC(c4ccccc4CN4CCCC4=O)CC3)cc(=O)c2c1.Cc1ccc(Cl)cc1. The van der Waals surface area contributed by atoms with Gasteiger partial charge in [0.1, 0.15) is 12.1 Å². The highest BCUT2D eigenvalue weighted by Gasteiger charge is 2.27. The minimum Gasteiger partial charge on any atom is -0.424 e. The number of nitrogens with one attached hydrogen (secondary N) is 1. The van der Waals surface area contributed by atoms with Gasteiger partial charge in [0.05, 0.1) is 11.5 Å². The molecule has 2 aliphatic heterocycles. The first-order valence-electron chi connectivity index (χ1n) is 15.6. The first kappa shape index (κ1) is 32.3. The van der Waals surface area contributed by atoms with Gasteiger partial charge in [-0.25, -0.2) is 0 Å². The molecular weight excluding hydrogens is 590 g/mol. The van der Waals surface area contributed by atoms with Crippen LogP contribution in [-0.4, -0.2) is 47.8 Å². The van der Waals surface area contributed by atoms with E-state index in [0.29, 0.717) is 42.9 Å². The lowest BCUT2D eigenvalue weighted by molar-refractivity contribution is -0.132. The summed E-state index contributed by atoms with van der Waals surface area (Å²) in [6, 6.07) is 22.9. The first-order valence-corrected chi connectivity index (χ1v) is 16.0. The maximum Gasteiger partial charge on any atom is 0.308 e. The Hall–Kier alpha value is -4.14. The maximum absolute atomic E-state index is 12.8. The average molecular weight is 630 g/mol. The van der Waals surface area contributed by atoms with E-state index in [1.54, 1.807) is 6.07 Å². The number of halogens is 1. The molecule has 45 heavy (non-hydrogen) atoms. The molecule has 2 aliphatic rings. The van der Waals surface area contributed by atoms with Crippen LogP contribution in [0.5, 0.6) is 5.95 Å². The summed E-state index contributed by atoms with van der Waals surface area (Å²) in [5.74, 6) is 0.562. The lowest BCUT2D eigenvalue weighted by Crippen LogP contribution is -2.43. The molecule has 0 radical (unpaired) electrons. The highest BCUT2D eigenvalue weighted by Crippen LogP contribution is 2.31. The summed E-state index contributed by atoms with van der Waals surface area (Å²) < 4.78 is 5.66. The Labute approximate surface area is 268 Å². The number of hydrogen-bond acceptors (Lipinski definition) is 6. The minimum absolute atomic E-state index is 0.0190. The van der Waals surface area contributed by atoms with Gasteiger partial charge in [0.25, 0.3) is 0 Å². The molecule has 2 fully saturated rings. The van der Waals surface area contributed by atoms with Crippen molar-refractivity contribution in [3.05, 3.63) is 110 Å². The average Bonchev–Trinajstić information content (AvgIpc) is 3.46. The standard InChI is InChI=1S/C29H33N3O5.C7H7Cl/c1-2-20-9-10-26-24(16-20)25(33)17-29(36-26)37-30-18-28(35)31-14-11-21(12-15-31)23-7-4-3-6-22(23)19-32-13-5-8-27(32)34;1-6-2-4-7(8)5-3-6/h3-4,6-7,9-10,16-17,21,30H,2,5,8,11-15,18-19H2,1H3;2-5H,1H3. The Morgan fingerprint density at radius 2 is 1.76 bits per heavy atom. The third kappa shape index (κ3) is 8.53. The smallest absolute Gasteiger partial charge is 0.308 e. The molecule has 0 bridgehead atoms. The van der Waals surface area contributed by atoms with Gasteiger partial charge in [0.2, 0.25) is 11.8 Å². The van der Waals surface area contributed by atoms with Gasteiger partial charge in [-0.05, 0) is 79.5 Å². The molecule has 1 N–H and O–H groups in total. The molecule has 0 spiro atoms. The normalized spacial score (nSPS) is 15.2. The summed E-state index contributed by atoms with van der Waals surface area (Å²) in [6.07, 6.45) is 4.16. The monoisotopic (exact) mass is 629 g/mol. The van der Waals surface area contributed by atoms with Crippen LogP contribution < -0.4 is 15.7 Å². The zero-order valence-electron chi connectivity index (χ0n) is 25.9. The van der Waals surface area contributed by atoms with Gasteiger partial charge in [0.15, 0.2) is 5.43 Å². The van der Waals surface area contributed by atoms with Gasteiger partial charge in [-0.3, -0.25) is 14.4 Å². The molecule has 2 saturated heterocycles. The highest BCUT2D eigenvalue weighted by atomic mass is 35.5. The summed E-state index contributed by atoms with van der Waals surface area (Å²) in [7, 11) is 0. The Morgan fingerprint density at radius 1 is 1.00 bits per heavy atom. The zero-order chi connectivity index (χ0) is 31.8. The third-order valence-electron chi connectivity index (χ3n) is 8.46. The lowest BCUT2D eigenvalue weighted by Gasteiger charge is -2.33. The lowest BCUT2D eigenvalue weighted by atomic mass is 9.86. The number of rotatable bonds is 8. The van der Waals surface area contributed by atoms with Gasteiger partial charge >= 0.3 is 5.95 Å². The molecule has 0 saturated carbocycles. The summed E-state index contributed by atoms with van der Waals surface area (Å²) in [5, 5.41) is 1.31. The number of hydroxylamine groups is 1. The van der Waals surface area contributed by atoms with E-state index in [-0.39, 0.29) is 29.7 Å². The highest BCUT2D eigenvalue weighted by molar-refractivity contribution is 6.30. The van der Waals surface area contributed by atoms with Crippen molar-refractivity contribution >= 4 is 34.4 Å². The Morgan fingerprint density at radius 3 is 2.44 bits per heavy atom. The van der Waals surface area contributed by atoms with E-state index in [9.17, 15) is 14.4 Å². The molecule has 6 rings (SSSR count). The second-order valence-electron chi connectivity index (χ2n) is 11.6. The summed E-state index contributed by atoms with van der Waals surface area (Å²) in [6.45, 7) is 6.87. The number of amides is 2. The Kier molecular flexibility index (Phi) is 10.9. The van der Waals surface area contributed by atoms with Crippen molar-refractivity contribution < 1.29 is 18.8 Å². The summed E-state index contributed by atoms with van der Waals surface area (Å²) in [5.41, 5.74) is 7.71. The molecular formula is C36H40ClN3O5. The van der Waals surface area contributed by atoms with Crippen molar-refractivity contribution in [1.29, 1.82) is 0 Å². The number of fused-ring (bicyclic) bond motifs is 1. The van der Waals surface area contributed by atoms with Crippen LogP contribution in [0.4, 0.5) is 0 Å². The molecule has 0 aliphatic carbocycles. The van der Waals surface area contributed by atoms with Crippen molar-refractivity contribution in [2.45, 2.75) is 58.4 Å². The van der Waals surface area contributed by atoms with Gasteiger partial charge < -0.3 is 19.1 Å². The maximum atomic E-state index is 12.8. The number of likely N-dealkylation sites (tertiary alicyclic amines) is 2. The molecule has 9 heteroatoms. The number of aryl methyl sites for hydroxylation is 2. The molecule has 3 aromatic carbocycles. The van der Waals surface area contributed by atoms with Crippen LogP contribution in [0.1, 0.15) is 60.8 Å². The second-order valence-corrected chi connectivity index (χ2v) is 12.0. The number of carbonyl (C=O) groups excluding carboxylic acids is 2. The van der Waals surface area contributed by atoms with Gasteiger partial charge in [-0.1, -0.05) is 66.6 Å². The van der Waals surface area contributed by atoms with Crippen molar-refractivity contribution in [3.63, 3.8) is 0 Å². The molecule has 4 aromatic rings. The molecule has 0 atom stereocenters. The third-order valence-corrected chi connectivity index (χ3v) is 8.71. The van der Waals surface area contributed by atoms with E-state index in [2.05, 4.69) is 23.7 Å². The van der Waals surface area contributed by atoms with E-state index in [4.69, 9.17) is 20.9 Å². The van der Waals surface area contributed by atoms with Crippen LogP contribution in [0.2, 0.25) is 5.02 Å².